The number of hydrogen-bond donors (Lipinski definition) is 0. The molecule has 1 fully saturated rings. The standard InChI is InChI=1S/C23H25ClN4O/c1-17-15-18(2)28(25-17)16-23(29)27-13-11-26(12-14-27)22-10-6-4-8-20(22)19-7-3-5-9-21(19)24/h3-10,15H,11-14,16H2,1-2H3. The summed E-state index contributed by atoms with van der Waals surface area (Å²) >= 11 is 6.45. The number of carbonyl (C=O) groups is 1. The van der Waals surface area contributed by atoms with E-state index < -0.39 is 0 Å². The van der Waals surface area contributed by atoms with Crippen LogP contribution in [0.25, 0.3) is 11.1 Å². The molecule has 2 heterocycles. The Kier molecular flexibility index (Phi) is 5.58. The maximum absolute atomic E-state index is 12.7. The van der Waals surface area contributed by atoms with Gasteiger partial charge in [-0.05, 0) is 32.0 Å². The Morgan fingerprint density at radius 1 is 0.966 bits per heavy atom. The highest BCUT2D eigenvalue weighted by Gasteiger charge is 2.23. The molecule has 29 heavy (non-hydrogen) atoms. The maximum Gasteiger partial charge on any atom is 0.244 e. The Hall–Kier alpha value is -2.79. The van der Waals surface area contributed by atoms with Gasteiger partial charge in [-0.2, -0.15) is 5.10 Å². The predicted octanol–water partition coefficient (Wildman–Crippen LogP) is 4.17. The van der Waals surface area contributed by atoms with E-state index in [1.54, 1.807) is 4.68 Å². The number of hydrogen-bond acceptors (Lipinski definition) is 3. The molecule has 1 aliphatic rings. The molecule has 1 saturated heterocycles. The van der Waals surface area contributed by atoms with Gasteiger partial charge in [0.15, 0.2) is 0 Å². The first-order valence-electron chi connectivity index (χ1n) is 9.90. The van der Waals surface area contributed by atoms with Crippen LogP contribution in [-0.4, -0.2) is 46.8 Å². The number of halogens is 1. The minimum absolute atomic E-state index is 0.121. The number of aryl methyl sites for hydroxylation is 2. The molecular formula is C23H25ClN4O. The number of amides is 1. The second-order valence-electron chi connectivity index (χ2n) is 7.45. The van der Waals surface area contributed by atoms with E-state index in [-0.39, 0.29) is 5.91 Å². The summed E-state index contributed by atoms with van der Waals surface area (Å²) in [5.41, 5.74) is 5.28. The predicted molar refractivity (Wildman–Crippen MR) is 117 cm³/mol. The largest absolute Gasteiger partial charge is 0.367 e. The summed E-state index contributed by atoms with van der Waals surface area (Å²) in [5, 5.41) is 5.16. The molecule has 0 saturated carbocycles. The van der Waals surface area contributed by atoms with E-state index in [1.165, 1.54) is 0 Å². The molecule has 2 aromatic carbocycles. The van der Waals surface area contributed by atoms with E-state index in [1.807, 2.05) is 49.1 Å². The summed E-state index contributed by atoms with van der Waals surface area (Å²) in [7, 11) is 0. The number of aromatic nitrogens is 2. The minimum atomic E-state index is 0.121. The van der Waals surface area contributed by atoms with Crippen LogP contribution in [0.4, 0.5) is 5.69 Å². The number of piperazine rings is 1. The average molecular weight is 409 g/mol. The van der Waals surface area contributed by atoms with E-state index in [0.717, 1.165) is 46.3 Å². The van der Waals surface area contributed by atoms with Crippen LogP contribution in [0.2, 0.25) is 5.02 Å². The zero-order valence-electron chi connectivity index (χ0n) is 16.8. The summed E-state index contributed by atoms with van der Waals surface area (Å²) in [6.07, 6.45) is 0. The molecule has 3 aromatic rings. The summed E-state index contributed by atoms with van der Waals surface area (Å²) < 4.78 is 1.79. The number of carbonyl (C=O) groups excluding carboxylic acids is 1. The van der Waals surface area contributed by atoms with Gasteiger partial charge in [-0.3, -0.25) is 9.48 Å². The minimum Gasteiger partial charge on any atom is -0.367 e. The molecule has 0 unspecified atom stereocenters. The fraction of sp³-hybridized carbons (Fsp3) is 0.304. The normalized spacial score (nSPS) is 14.3. The molecular weight excluding hydrogens is 384 g/mol. The van der Waals surface area contributed by atoms with Crippen LogP contribution in [-0.2, 0) is 11.3 Å². The Morgan fingerprint density at radius 2 is 1.62 bits per heavy atom. The van der Waals surface area contributed by atoms with Gasteiger partial charge in [0.05, 0.1) is 5.69 Å². The van der Waals surface area contributed by atoms with E-state index in [9.17, 15) is 4.79 Å². The maximum atomic E-state index is 12.7. The highest BCUT2D eigenvalue weighted by atomic mass is 35.5. The van der Waals surface area contributed by atoms with Crippen molar-refractivity contribution < 1.29 is 4.79 Å². The van der Waals surface area contributed by atoms with Gasteiger partial charge in [0.1, 0.15) is 6.54 Å². The van der Waals surface area contributed by atoms with Crippen LogP contribution in [0.1, 0.15) is 11.4 Å². The van der Waals surface area contributed by atoms with E-state index >= 15 is 0 Å². The van der Waals surface area contributed by atoms with Crippen LogP contribution in [0.3, 0.4) is 0 Å². The monoisotopic (exact) mass is 408 g/mol. The molecule has 0 N–H and O–H groups in total. The van der Waals surface area contributed by atoms with Crippen LogP contribution < -0.4 is 4.90 Å². The highest BCUT2D eigenvalue weighted by Crippen LogP contribution is 2.35. The lowest BCUT2D eigenvalue weighted by Crippen LogP contribution is -2.49. The summed E-state index contributed by atoms with van der Waals surface area (Å²) in [6.45, 7) is 7.23. The average Bonchev–Trinajstić information content (AvgIpc) is 3.05. The topological polar surface area (TPSA) is 41.4 Å². The van der Waals surface area contributed by atoms with Crippen molar-refractivity contribution in [2.45, 2.75) is 20.4 Å². The fourth-order valence-electron chi connectivity index (χ4n) is 3.92. The third-order valence-electron chi connectivity index (χ3n) is 5.43. The van der Waals surface area contributed by atoms with Crippen LogP contribution in [0.15, 0.2) is 54.6 Å². The number of rotatable bonds is 4. The molecule has 1 aliphatic heterocycles. The zero-order valence-corrected chi connectivity index (χ0v) is 17.6. The van der Waals surface area contributed by atoms with Gasteiger partial charge in [-0.15, -0.1) is 0 Å². The Labute approximate surface area is 176 Å². The van der Waals surface area contributed by atoms with Crippen molar-refractivity contribution in [1.82, 2.24) is 14.7 Å². The van der Waals surface area contributed by atoms with E-state index in [2.05, 4.69) is 34.3 Å². The van der Waals surface area contributed by atoms with Crippen molar-refractivity contribution in [1.29, 1.82) is 0 Å². The molecule has 0 aliphatic carbocycles. The highest BCUT2D eigenvalue weighted by molar-refractivity contribution is 6.33. The van der Waals surface area contributed by atoms with Gasteiger partial charge in [0, 0.05) is 53.7 Å². The molecule has 0 atom stereocenters. The smallest absolute Gasteiger partial charge is 0.244 e. The zero-order chi connectivity index (χ0) is 20.4. The van der Waals surface area contributed by atoms with Crippen molar-refractivity contribution in [3.05, 3.63) is 71.0 Å². The number of anilines is 1. The lowest BCUT2D eigenvalue weighted by molar-refractivity contribution is -0.132. The number of nitrogens with zero attached hydrogens (tertiary/aromatic N) is 4. The second kappa shape index (κ2) is 8.29. The fourth-order valence-corrected chi connectivity index (χ4v) is 4.15. The lowest BCUT2D eigenvalue weighted by atomic mass is 10.0. The Balaban J connectivity index is 1.46. The molecule has 1 aromatic heterocycles. The lowest BCUT2D eigenvalue weighted by Gasteiger charge is -2.37. The van der Waals surface area contributed by atoms with Gasteiger partial charge in [0.25, 0.3) is 0 Å². The molecule has 4 rings (SSSR count). The van der Waals surface area contributed by atoms with Gasteiger partial charge >= 0.3 is 0 Å². The summed E-state index contributed by atoms with van der Waals surface area (Å²) in [5.74, 6) is 0.121. The SMILES string of the molecule is Cc1cc(C)n(CC(=O)N2CCN(c3ccccc3-c3ccccc3Cl)CC2)n1. The van der Waals surface area contributed by atoms with Crippen molar-refractivity contribution in [2.75, 3.05) is 31.1 Å². The van der Waals surface area contributed by atoms with Crippen molar-refractivity contribution in [2.24, 2.45) is 0 Å². The number of benzene rings is 2. The molecule has 6 heteroatoms. The molecule has 5 nitrogen and oxygen atoms in total. The van der Waals surface area contributed by atoms with Gasteiger partial charge in [0.2, 0.25) is 5.91 Å². The van der Waals surface area contributed by atoms with Gasteiger partial charge < -0.3 is 9.80 Å². The van der Waals surface area contributed by atoms with Crippen molar-refractivity contribution in [3.63, 3.8) is 0 Å². The third kappa shape index (κ3) is 4.15. The van der Waals surface area contributed by atoms with Crippen molar-refractivity contribution >= 4 is 23.2 Å². The summed E-state index contributed by atoms with van der Waals surface area (Å²) in [4.78, 5) is 17.0. The Bertz CT molecular complexity index is 1020. The first-order valence-corrected chi connectivity index (χ1v) is 10.3. The third-order valence-corrected chi connectivity index (χ3v) is 5.76. The second-order valence-corrected chi connectivity index (χ2v) is 7.86. The Morgan fingerprint density at radius 3 is 2.28 bits per heavy atom. The first-order chi connectivity index (χ1) is 14.0. The molecule has 0 spiro atoms. The molecule has 150 valence electrons. The number of para-hydroxylation sites is 1. The van der Waals surface area contributed by atoms with Gasteiger partial charge in [-0.25, -0.2) is 0 Å². The summed E-state index contributed by atoms with van der Waals surface area (Å²) in [6, 6.07) is 18.2. The van der Waals surface area contributed by atoms with Crippen LogP contribution in [0.5, 0.6) is 0 Å². The van der Waals surface area contributed by atoms with Crippen LogP contribution in [0, 0.1) is 13.8 Å². The van der Waals surface area contributed by atoms with Crippen molar-refractivity contribution in [3.8, 4) is 11.1 Å². The molecule has 0 bridgehead atoms. The quantitative estimate of drug-likeness (QED) is 0.650. The van der Waals surface area contributed by atoms with Gasteiger partial charge in [-0.1, -0.05) is 48.0 Å². The van der Waals surface area contributed by atoms with E-state index in [0.29, 0.717) is 19.6 Å². The van der Waals surface area contributed by atoms with Crippen LogP contribution >= 0.6 is 11.6 Å². The molecule has 0 radical (unpaired) electrons. The molecule has 1 amide bonds. The first kappa shape index (κ1) is 19.5. The van der Waals surface area contributed by atoms with E-state index in [4.69, 9.17) is 11.6 Å².